The van der Waals surface area contributed by atoms with Crippen molar-refractivity contribution in [1.82, 2.24) is 25.1 Å². The number of H-pyrrole nitrogens is 2. The summed E-state index contributed by atoms with van der Waals surface area (Å²) in [5.74, 6) is 0.801. The zero-order valence-electron chi connectivity index (χ0n) is 19.3. The number of anilines is 1. The Kier molecular flexibility index (Phi) is 5.49. The highest BCUT2D eigenvalue weighted by molar-refractivity contribution is 5.95. The van der Waals surface area contributed by atoms with E-state index in [0.717, 1.165) is 70.8 Å². The predicted molar refractivity (Wildman–Crippen MR) is 136 cm³/mol. The van der Waals surface area contributed by atoms with E-state index in [0.29, 0.717) is 13.2 Å². The number of hydrogen-bond donors (Lipinski definition) is 2. The highest BCUT2D eigenvalue weighted by Gasteiger charge is 2.17. The quantitative estimate of drug-likeness (QED) is 0.395. The van der Waals surface area contributed by atoms with Gasteiger partial charge in [-0.1, -0.05) is 48.5 Å². The van der Waals surface area contributed by atoms with E-state index in [9.17, 15) is 0 Å². The van der Waals surface area contributed by atoms with Crippen molar-refractivity contribution in [3.05, 3.63) is 77.9 Å². The second-order valence-electron chi connectivity index (χ2n) is 8.97. The summed E-state index contributed by atoms with van der Waals surface area (Å²) < 4.78 is 5.97. The van der Waals surface area contributed by atoms with E-state index in [1.165, 1.54) is 5.69 Å². The van der Waals surface area contributed by atoms with Gasteiger partial charge in [-0.15, -0.1) is 0 Å². The first kappa shape index (κ1) is 20.9. The lowest BCUT2D eigenvalue weighted by Gasteiger charge is -2.34. The van der Waals surface area contributed by atoms with Crippen molar-refractivity contribution >= 4 is 27.6 Å². The number of imidazole rings is 1. The summed E-state index contributed by atoms with van der Waals surface area (Å²) in [7, 11) is 2.18. The molecule has 0 radical (unpaired) electrons. The Morgan fingerprint density at radius 3 is 2.62 bits per heavy atom. The van der Waals surface area contributed by atoms with Gasteiger partial charge in [0.2, 0.25) is 0 Å². The number of ether oxygens (including phenoxy) is 1. The number of aromatic amines is 2. The van der Waals surface area contributed by atoms with Crippen molar-refractivity contribution in [2.75, 3.05) is 38.1 Å². The Bertz CT molecular complexity index is 1420. The van der Waals surface area contributed by atoms with Gasteiger partial charge in [0.25, 0.3) is 0 Å². The van der Waals surface area contributed by atoms with E-state index in [1.807, 2.05) is 18.2 Å². The number of hydrogen-bond acceptors (Lipinski definition) is 5. The normalized spacial score (nSPS) is 14.9. The van der Waals surface area contributed by atoms with E-state index < -0.39 is 0 Å². The molecule has 34 heavy (non-hydrogen) atoms. The van der Waals surface area contributed by atoms with Gasteiger partial charge in [0, 0.05) is 42.8 Å². The topological polar surface area (TPSA) is 73.1 Å². The van der Waals surface area contributed by atoms with Crippen molar-refractivity contribution in [3.63, 3.8) is 0 Å². The van der Waals surface area contributed by atoms with Crippen molar-refractivity contribution in [1.29, 1.82) is 0 Å². The summed E-state index contributed by atoms with van der Waals surface area (Å²) in [4.78, 5) is 13.2. The molecule has 0 aliphatic carbocycles. The van der Waals surface area contributed by atoms with Crippen molar-refractivity contribution in [3.8, 4) is 11.5 Å². The minimum atomic E-state index is 0.505. The maximum Gasteiger partial charge on any atom is 0.157 e. The Hall–Kier alpha value is -3.68. The van der Waals surface area contributed by atoms with E-state index in [-0.39, 0.29) is 0 Å². The van der Waals surface area contributed by atoms with Gasteiger partial charge in [0.05, 0.1) is 29.8 Å². The number of benzene rings is 3. The van der Waals surface area contributed by atoms with Gasteiger partial charge in [-0.3, -0.25) is 5.10 Å². The van der Waals surface area contributed by atoms with Crippen LogP contribution in [0.15, 0.2) is 66.7 Å². The molecule has 2 N–H and O–H groups in total. The van der Waals surface area contributed by atoms with Crippen molar-refractivity contribution in [2.24, 2.45) is 0 Å². The lowest BCUT2D eigenvalue weighted by Crippen LogP contribution is -2.44. The second kappa shape index (κ2) is 8.93. The smallest absolute Gasteiger partial charge is 0.157 e. The Morgan fingerprint density at radius 1 is 0.912 bits per heavy atom. The first-order valence-electron chi connectivity index (χ1n) is 11.8. The molecule has 3 heterocycles. The van der Waals surface area contributed by atoms with Gasteiger partial charge >= 0.3 is 0 Å². The maximum absolute atomic E-state index is 5.97. The molecule has 1 aliphatic heterocycles. The van der Waals surface area contributed by atoms with Gasteiger partial charge in [-0.05, 0) is 30.8 Å². The Labute approximate surface area is 198 Å². The molecular formula is C27H28N6O. The van der Waals surface area contributed by atoms with Crippen molar-refractivity contribution in [2.45, 2.75) is 13.2 Å². The van der Waals surface area contributed by atoms with Crippen LogP contribution in [-0.2, 0) is 18.0 Å². The molecule has 0 unspecified atom stereocenters. The molecule has 1 aliphatic rings. The number of para-hydroxylation sites is 1. The number of aromatic nitrogens is 4. The second-order valence-corrected chi connectivity index (χ2v) is 8.97. The number of likely N-dealkylation sites (N-methyl/N-ethyl adjacent to an activating group) is 1. The van der Waals surface area contributed by atoms with Gasteiger partial charge in [0.15, 0.2) is 5.82 Å². The number of nitrogens with zero attached hydrogens (tertiary/aromatic N) is 4. The standard InChI is InChI=1S/C27H28N6O/c1-32-12-14-33(15-13-32)21-10-11-23-24(16-21)29-27(28-23)26-22-9-5-8-20(25(22)30-31-26)18-34-17-19-6-3-2-4-7-19/h2-11,16H,12-15,17-18H2,1H3,(H,28,29)(H,30,31). The van der Waals surface area contributed by atoms with Crippen LogP contribution in [0.25, 0.3) is 33.5 Å². The summed E-state index contributed by atoms with van der Waals surface area (Å²) in [6.07, 6.45) is 0. The van der Waals surface area contributed by atoms with Crippen LogP contribution in [0, 0.1) is 0 Å². The molecule has 0 atom stereocenters. The lowest BCUT2D eigenvalue weighted by molar-refractivity contribution is 0.108. The highest BCUT2D eigenvalue weighted by Crippen LogP contribution is 2.30. The van der Waals surface area contributed by atoms with E-state index >= 15 is 0 Å². The summed E-state index contributed by atoms with van der Waals surface area (Å²) in [5, 5.41) is 8.86. The average molecular weight is 453 g/mol. The molecule has 5 aromatic rings. The molecule has 7 heteroatoms. The fraction of sp³-hybridized carbons (Fsp3) is 0.259. The number of fused-ring (bicyclic) bond motifs is 2. The first-order chi connectivity index (χ1) is 16.7. The third kappa shape index (κ3) is 4.04. The number of piperazine rings is 1. The van der Waals surface area contributed by atoms with Crippen LogP contribution in [0.2, 0.25) is 0 Å². The maximum atomic E-state index is 5.97. The van der Waals surface area contributed by atoms with Crippen LogP contribution >= 0.6 is 0 Å². The molecule has 2 aromatic heterocycles. The monoisotopic (exact) mass is 452 g/mol. The Morgan fingerprint density at radius 2 is 1.76 bits per heavy atom. The summed E-state index contributed by atoms with van der Waals surface area (Å²) in [5.41, 5.74) is 7.28. The average Bonchev–Trinajstić information content (AvgIpc) is 3.49. The molecule has 0 spiro atoms. The van der Waals surface area contributed by atoms with Crippen LogP contribution in [0.5, 0.6) is 0 Å². The Balaban J connectivity index is 1.25. The van der Waals surface area contributed by atoms with Crippen LogP contribution in [0.4, 0.5) is 5.69 Å². The lowest BCUT2D eigenvalue weighted by atomic mass is 10.1. The first-order valence-corrected chi connectivity index (χ1v) is 11.8. The van der Waals surface area contributed by atoms with Gasteiger partial charge in [0.1, 0.15) is 5.69 Å². The van der Waals surface area contributed by atoms with Crippen LogP contribution < -0.4 is 4.90 Å². The van der Waals surface area contributed by atoms with E-state index in [4.69, 9.17) is 9.72 Å². The third-order valence-corrected chi connectivity index (χ3v) is 6.61. The molecule has 0 amide bonds. The van der Waals surface area contributed by atoms with Crippen LogP contribution in [0.3, 0.4) is 0 Å². The predicted octanol–water partition coefficient (Wildman–Crippen LogP) is 4.57. The number of rotatable bonds is 6. The molecule has 3 aromatic carbocycles. The van der Waals surface area contributed by atoms with Gasteiger partial charge < -0.3 is 19.5 Å². The minimum Gasteiger partial charge on any atom is -0.372 e. The zero-order chi connectivity index (χ0) is 22.9. The molecular weight excluding hydrogens is 424 g/mol. The summed E-state index contributed by atoms with van der Waals surface area (Å²) in [6, 6.07) is 22.9. The van der Waals surface area contributed by atoms with E-state index in [2.05, 4.69) is 80.6 Å². The summed E-state index contributed by atoms with van der Waals surface area (Å²) >= 11 is 0. The fourth-order valence-electron chi connectivity index (χ4n) is 4.62. The van der Waals surface area contributed by atoms with Crippen LogP contribution in [-0.4, -0.2) is 58.3 Å². The SMILES string of the molecule is CN1CCN(c2ccc3nc(-c4[nH]nc5c(COCc6ccccc6)cccc45)[nH]c3c2)CC1. The molecule has 0 bridgehead atoms. The largest absolute Gasteiger partial charge is 0.372 e. The minimum absolute atomic E-state index is 0.505. The highest BCUT2D eigenvalue weighted by atomic mass is 16.5. The zero-order valence-corrected chi connectivity index (χ0v) is 19.3. The third-order valence-electron chi connectivity index (χ3n) is 6.61. The summed E-state index contributed by atoms with van der Waals surface area (Å²) in [6.45, 7) is 5.35. The molecule has 1 saturated heterocycles. The fourth-order valence-corrected chi connectivity index (χ4v) is 4.62. The van der Waals surface area contributed by atoms with E-state index in [1.54, 1.807) is 0 Å². The number of nitrogens with one attached hydrogen (secondary N) is 2. The van der Waals surface area contributed by atoms with Crippen molar-refractivity contribution < 1.29 is 4.74 Å². The molecule has 6 rings (SSSR count). The van der Waals surface area contributed by atoms with Gasteiger partial charge in [-0.25, -0.2) is 4.98 Å². The molecule has 0 saturated carbocycles. The molecule has 7 nitrogen and oxygen atoms in total. The molecule has 172 valence electrons. The van der Waals surface area contributed by atoms with Crippen LogP contribution in [0.1, 0.15) is 11.1 Å². The van der Waals surface area contributed by atoms with Gasteiger partial charge in [-0.2, -0.15) is 5.10 Å². The molecule has 1 fully saturated rings.